The normalized spacial score (nSPS) is 17.0. The predicted molar refractivity (Wildman–Crippen MR) is 116 cm³/mol. The Hall–Kier alpha value is -0.450. The largest absolute Gasteiger partial charge is 0.379 e. The van der Waals surface area contributed by atoms with Gasteiger partial charge in [-0.05, 0) is 19.3 Å². The van der Waals surface area contributed by atoms with Crippen molar-refractivity contribution in [2.24, 2.45) is 10.9 Å². The molecule has 1 aliphatic rings. The average Bonchev–Trinajstić information content (AvgIpc) is 3.06. The lowest BCUT2D eigenvalue weighted by Gasteiger charge is -2.29. The van der Waals surface area contributed by atoms with E-state index in [1.807, 2.05) is 6.20 Å². The van der Waals surface area contributed by atoms with Crippen molar-refractivity contribution in [2.45, 2.75) is 33.7 Å². The van der Waals surface area contributed by atoms with Crippen LogP contribution in [-0.4, -0.2) is 61.8 Å². The van der Waals surface area contributed by atoms with Crippen LogP contribution in [0.25, 0.3) is 0 Å². The summed E-state index contributed by atoms with van der Waals surface area (Å²) < 4.78 is 5.40. The number of halogens is 1. The van der Waals surface area contributed by atoms with E-state index >= 15 is 0 Å². The lowest BCUT2D eigenvalue weighted by Crippen LogP contribution is -2.44. The molecule has 1 saturated heterocycles. The molecule has 0 saturated carbocycles. The fraction of sp³-hybridized carbons (Fsp3) is 0.765. The maximum Gasteiger partial charge on any atom is 0.191 e. The molecule has 1 aliphatic heterocycles. The summed E-state index contributed by atoms with van der Waals surface area (Å²) in [5, 5.41) is 7.85. The van der Waals surface area contributed by atoms with Gasteiger partial charge in [0.1, 0.15) is 5.01 Å². The van der Waals surface area contributed by atoms with Crippen LogP contribution in [0, 0.1) is 5.92 Å². The Morgan fingerprint density at radius 3 is 2.76 bits per heavy atom. The van der Waals surface area contributed by atoms with Gasteiger partial charge in [-0.1, -0.05) is 13.8 Å². The number of rotatable bonds is 8. The number of morpholine rings is 1. The van der Waals surface area contributed by atoms with Gasteiger partial charge in [0.05, 0.1) is 19.8 Å². The molecule has 25 heavy (non-hydrogen) atoms. The minimum Gasteiger partial charge on any atom is -0.379 e. The molecule has 144 valence electrons. The molecule has 0 aromatic carbocycles. The molecule has 1 fully saturated rings. The molecule has 0 bridgehead atoms. The number of ether oxygens (including phenoxy) is 1. The third-order valence-electron chi connectivity index (χ3n) is 3.96. The highest BCUT2D eigenvalue weighted by atomic mass is 127. The summed E-state index contributed by atoms with van der Waals surface area (Å²) in [6.45, 7) is 13.8. The van der Waals surface area contributed by atoms with Gasteiger partial charge in [-0.3, -0.25) is 4.90 Å². The van der Waals surface area contributed by atoms with Gasteiger partial charge >= 0.3 is 0 Å². The maximum absolute atomic E-state index is 5.40. The summed E-state index contributed by atoms with van der Waals surface area (Å²) in [5.41, 5.74) is 0. The van der Waals surface area contributed by atoms with Gasteiger partial charge in [0.2, 0.25) is 0 Å². The molecule has 0 aliphatic carbocycles. The van der Waals surface area contributed by atoms with E-state index in [2.05, 4.69) is 46.3 Å². The summed E-state index contributed by atoms with van der Waals surface area (Å²) in [4.78, 5) is 12.9. The van der Waals surface area contributed by atoms with Crippen molar-refractivity contribution in [1.29, 1.82) is 0 Å². The van der Waals surface area contributed by atoms with Crippen LogP contribution in [0.4, 0.5) is 0 Å². The van der Waals surface area contributed by atoms with Gasteiger partial charge in [0.25, 0.3) is 0 Å². The molecule has 2 heterocycles. The van der Waals surface area contributed by atoms with E-state index in [0.29, 0.717) is 12.5 Å². The Morgan fingerprint density at radius 2 is 2.12 bits per heavy atom. The molecule has 0 amide bonds. The van der Waals surface area contributed by atoms with Gasteiger partial charge in [-0.15, -0.1) is 35.3 Å². The molecule has 2 N–H and O–H groups in total. The monoisotopic (exact) mass is 481 g/mol. The molecule has 1 unspecified atom stereocenters. The van der Waals surface area contributed by atoms with E-state index in [4.69, 9.17) is 4.74 Å². The second-order valence-corrected chi connectivity index (χ2v) is 7.37. The third kappa shape index (κ3) is 8.65. The molecule has 8 heteroatoms. The number of aliphatic imine (C=N–C) groups is 1. The molecule has 1 aromatic heterocycles. The number of aryl methyl sites for hydroxylation is 1. The van der Waals surface area contributed by atoms with E-state index in [0.717, 1.165) is 63.3 Å². The summed E-state index contributed by atoms with van der Waals surface area (Å²) >= 11 is 1.75. The van der Waals surface area contributed by atoms with Crippen LogP contribution in [0.3, 0.4) is 0 Å². The zero-order chi connectivity index (χ0) is 17.2. The number of nitrogens with zero attached hydrogens (tertiary/aromatic N) is 3. The lowest BCUT2D eigenvalue weighted by atomic mass is 10.1. The highest BCUT2D eigenvalue weighted by molar-refractivity contribution is 14.0. The third-order valence-corrected chi connectivity index (χ3v) is 5.08. The second-order valence-electron chi connectivity index (χ2n) is 6.17. The van der Waals surface area contributed by atoms with Crippen LogP contribution in [0.1, 0.15) is 30.7 Å². The molecule has 0 spiro atoms. The van der Waals surface area contributed by atoms with E-state index in [1.54, 1.807) is 11.3 Å². The molecule has 1 atom stereocenters. The van der Waals surface area contributed by atoms with Crippen molar-refractivity contribution < 1.29 is 4.74 Å². The number of guanidine groups is 1. The van der Waals surface area contributed by atoms with Crippen molar-refractivity contribution >= 4 is 41.3 Å². The summed E-state index contributed by atoms with van der Waals surface area (Å²) in [7, 11) is 0. The number of aromatic nitrogens is 1. The maximum atomic E-state index is 5.40. The number of nitrogens with one attached hydrogen (secondary N) is 2. The minimum atomic E-state index is 0. The van der Waals surface area contributed by atoms with Crippen LogP contribution < -0.4 is 10.6 Å². The van der Waals surface area contributed by atoms with Crippen molar-refractivity contribution in [3.05, 3.63) is 16.1 Å². The van der Waals surface area contributed by atoms with Gasteiger partial charge in [0.15, 0.2) is 5.96 Å². The van der Waals surface area contributed by atoms with Crippen molar-refractivity contribution in [3.8, 4) is 0 Å². The minimum absolute atomic E-state index is 0. The van der Waals surface area contributed by atoms with E-state index in [-0.39, 0.29) is 24.0 Å². The molecule has 2 rings (SSSR count). The first-order valence-corrected chi connectivity index (χ1v) is 9.78. The molecular weight excluding hydrogens is 449 g/mol. The van der Waals surface area contributed by atoms with E-state index in [1.165, 1.54) is 4.88 Å². The van der Waals surface area contributed by atoms with Crippen LogP contribution in [0.5, 0.6) is 0 Å². The first-order chi connectivity index (χ1) is 11.7. The first kappa shape index (κ1) is 22.6. The topological polar surface area (TPSA) is 61.8 Å². The highest BCUT2D eigenvalue weighted by Gasteiger charge is 2.14. The van der Waals surface area contributed by atoms with Crippen LogP contribution in [0.2, 0.25) is 0 Å². The van der Waals surface area contributed by atoms with Gasteiger partial charge in [0, 0.05) is 43.8 Å². The fourth-order valence-corrected chi connectivity index (χ4v) is 3.42. The first-order valence-electron chi connectivity index (χ1n) is 8.97. The number of hydrogen-bond acceptors (Lipinski definition) is 5. The summed E-state index contributed by atoms with van der Waals surface area (Å²) in [6, 6.07) is 0. The predicted octanol–water partition coefficient (Wildman–Crippen LogP) is 2.35. The van der Waals surface area contributed by atoms with Crippen LogP contribution >= 0.6 is 35.3 Å². The average molecular weight is 481 g/mol. The van der Waals surface area contributed by atoms with Crippen molar-refractivity contribution in [1.82, 2.24) is 20.5 Å². The van der Waals surface area contributed by atoms with E-state index < -0.39 is 0 Å². The SMILES string of the molecule is CCNC(=NCc1ncc(CC)s1)NCC(C)CN1CCOCC1.I. The Balaban J connectivity index is 0.00000312. The van der Waals surface area contributed by atoms with Crippen molar-refractivity contribution in [2.75, 3.05) is 45.9 Å². The molecule has 0 radical (unpaired) electrons. The smallest absolute Gasteiger partial charge is 0.191 e. The van der Waals surface area contributed by atoms with Crippen LogP contribution in [0.15, 0.2) is 11.2 Å². The Labute approximate surface area is 172 Å². The zero-order valence-electron chi connectivity index (χ0n) is 15.6. The highest BCUT2D eigenvalue weighted by Crippen LogP contribution is 2.14. The lowest BCUT2D eigenvalue weighted by molar-refractivity contribution is 0.0320. The Morgan fingerprint density at radius 1 is 1.36 bits per heavy atom. The zero-order valence-corrected chi connectivity index (χ0v) is 18.7. The Bertz CT molecular complexity index is 505. The van der Waals surface area contributed by atoms with Crippen molar-refractivity contribution in [3.63, 3.8) is 0 Å². The molecule has 6 nitrogen and oxygen atoms in total. The molecule has 1 aromatic rings. The van der Waals surface area contributed by atoms with Gasteiger partial charge in [-0.2, -0.15) is 0 Å². The number of thiazole rings is 1. The Kier molecular flexibility index (Phi) is 11.6. The standard InChI is InChI=1S/C17H31N5OS.HI/c1-4-15-11-19-16(24-15)12-21-17(18-5-2)20-10-14(3)13-22-6-8-23-9-7-22;/h11,14H,4-10,12-13H2,1-3H3,(H2,18,20,21);1H. The summed E-state index contributed by atoms with van der Waals surface area (Å²) in [5.74, 6) is 1.44. The molecular formula is C17H32IN5OS. The van der Waals surface area contributed by atoms with E-state index in [9.17, 15) is 0 Å². The quantitative estimate of drug-likeness (QED) is 0.339. The number of hydrogen-bond donors (Lipinski definition) is 2. The second kappa shape index (κ2) is 12.8. The van der Waals surface area contributed by atoms with Crippen LogP contribution in [-0.2, 0) is 17.7 Å². The fourth-order valence-electron chi connectivity index (χ4n) is 2.63. The van der Waals surface area contributed by atoms with Gasteiger partial charge < -0.3 is 15.4 Å². The summed E-state index contributed by atoms with van der Waals surface area (Å²) in [6.07, 6.45) is 3.00. The van der Waals surface area contributed by atoms with Gasteiger partial charge in [-0.25, -0.2) is 9.98 Å².